The van der Waals surface area contributed by atoms with Gasteiger partial charge in [-0.2, -0.15) is 0 Å². The Bertz CT molecular complexity index is 991. The molecule has 1 atom stereocenters. The molecule has 3 fully saturated rings. The highest BCUT2D eigenvalue weighted by atomic mass is 16.7. The number of carbonyl (C=O) groups excluding carboxylic acids is 3. The summed E-state index contributed by atoms with van der Waals surface area (Å²) in [4.78, 5) is 46.2. The monoisotopic (exact) mass is 624 g/mol. The minimum absolute atomic E-state index is 0.158. The molecule has 12 heteroatoms. The van der Waals surface area contributed by atoms with Crippen molar-refractivity contribution >= 4 is 17.9 Å². The van der Waals surface area contributed by atoms with E-state index in [1.807, 2.05) is 0 Å². The number of rotatable bonds is 7. The SMILES string of the molecule is CC1(C)CN(OC(=O)C(CC(=O)OC2CC(C)(C)N([O])C(C)(C)C2)C(=O)OC2CC(C)(C)N([O])C(C)(C)C2)CC(C)(C)C1[O]. The van der Waals surface area contributed by atoms with Gasteiger partial charge in [0.2, 0.25) is 0 Å². The fourth-order valence-corrected chi connectivity index (χ4v) is 7.86. The largest absolute Gasteiger partial charge is 0.462 e. The topological polar surface area (TPSA) is 148 Å². The fraction of sp³-hybridized carbons (Fsp3) is 0.906. The summed E-state index contributed by atoms with van der Waals surface area (Å²) in [5.41, 5.74) is -4.66. The molecule has 0 spiro atoms. The summed E-state index contributed by atoms with van der Waals surface area (Å²) in [6.45, 7) is 21.7. The van der Waals surface area contributed by atoms with E-state index >= 15 is 0 Å². The summed E-state index contributed by atoms with van der Waals surface area (Å²) >= 11 is 0. The molecule has 3 aliphatic rings. The third-order valence-corrected chi connectivity index (χ3v) is 9.44. The van der Waals surface area contributed by atoms with Gasteiger partial charge in [-0.25, -0.2) is 9.90 Å². The molecule has 3 saturated heterocycles. The highest BCUT2D eigenvalue weighted by Crippen LogP contribution is 2.42. The van der Waals surface area contributed by atoms with E-state index in [4.69, 9.17) is 14.3 Å². The van der Waals surface area contributed by atoms with Gasteiger partial charge in [0.05, 0.1) is 6.42 Å². The fourth-order valence-electron chi connectivity index (χ4n) is 7.86. The number of hydrogen-bond acceptors (Lipinski definition) is 9. The van der Waals surface area contributed by atoms with Crippen molar-refractivity contribution in [1.82, 2.24) is 15.2 Å². The van der Waals surface area contributed by atoms with Crippen LogP contribution >= 0.6 is 0 Å². The van der Waals surface area contributed by atoms with Gasteiger partial charge in [0.1, 0.15) is 18.3 Å². The quantitative estimate of drug-likeness (QED) is 0.296. The molecule has 0 saturated carbocycles. The maximum absolute atomic E-state index is 13.6. The van der Waals surface area contributed by atoms with Crippen LogP contribution in [0.1, 0.15) is 115 Å². The van der Waals surface area contributed by atoms with Gasteiger partial charge in [0.15, 0.2) is 5.92 Å². The summed E-state index contributed by atoms with van der Waals surface area (Å²) in [6.07, 6.45) is -1.71. The van der Waals surface area contributed by atoms with E-state index in [1.54, 1.807) is 83.1 Å². The van der Waals surface area contributed by atoms with Crippen LogP contribution in [0.4, 0.5) is 0 Å². The van der Waals surface area contributed by atoms with Gasteiger partial charge >= 0.3 is 17.9 Å². The van der Waals surface area contributed by atoms with Crippen molar-refractivity contribution in [1.29, 1.82) is 0 Å². The Hall–Kier alpha value is -1.83. The first-order valence-corrected chi connectivity index (χ1v) is 15.7. The lowest BCUT2D eigenvalue weighted by atomic mass is 9.69. The zero-order chi connectivity index (χ0) is 33.8. The molecule has 1 unspecified atom stereocenters. The Labute approximate surface area is 262 Å². The lowest BCUT2D eigenvalue weighted by Gasteiger charge is -2.49. The van der Waals surface area contributed by atoms with Crippen LogP contribution in [-0.2, 0) is 44.2 Å². The van der Waals surface area contributed by atoms with Gasteiger partial charge < -0.3 is 14.3 Å². The van der Waals surface area contributed by atoms with E-state index in [1.165, 1.54) is 5.06 Å². The van der Waals surface area contributed by atoms with Crippen molar-refractivity contribution in [3.05, 3.63) is 0 Å². The molecule has 0 aromatic rings. The van der Waals surface area contributed by atoms with Crippen LogP contribution in [-0.4, -0.2) is 86.7 Å². The molecular weight excluding hydrogens is 570 g/mol. The van der Waals surface area contributed by atoms with Crippen molar-refractivity contribution in [2.75, 3.05) is 13.1 Å². The minimum Gasteiger partial charge on any atom is -0.462 e. The second-order valence-electron chi connectivity index (χ2n) is 17.1. The van der Waals surface area contributed by atoms with Gasteiger partial charge in [0.25, 0.3) is 0 Å². The molecule has 3 aliphatic heterocycles. The van der Waals surface area contributed by atoms with Crippen LogP contribution in [0.2, 0.25) is 0 Å². The Balaban J connectivity index is 1.81. The van der Waals surface area contributed by atoms with Gasteiger partial charge in [-0.3, -0.25) is 9.59 Å². The molecule has 0 aliphatic carbocycles. The van der Waals surface area contributed by atoms with E-state index in [2.05, 4.69) is 0 Å². The Kier molecular flexibility index (Phi) is 10.1. The Morgan fingerprint density at radius 2 is 1.00 bits per heavy atom. The predicted molar refractivity (Wildman–Crippen MR) is 157 cm³/mol. The number of hydrogen-bond donors (Lipinski definition) is 0. The molecule has 0 bridgehead atoms. The normalized spacial score (nSPS) is 28.2. The first-order valence-electron chi connectivity index (χ1n) is 15.7. The van der Waals surface area contributed by atoms with Gasteiger partial charge in [-0.15, -0.1) is 25.6 Å². The molecular formula is C32H54N3O9. The summed E-state index contributed by atoms with van der Waals surface area (Å²) in [5.74, 6) is -4.32. The zero-order valence-corrected chi connectivity index (χ0v) is 28.8. The van der Waals surface area contributed by atoms with Crippen LogP contribution in [0.3, 0.4) is 0 Å². The predicted octanol–water partition coefficient (Wildman–Crippen LogP) is 4.44. The zero-order valence-electron chi connectivity index (χ0n) is 28.8. The number of hydroxylamine groups is 6. The smallest absolute Gasteiger partial charge is 0.339 e. The van der Waals surface area contributed by atoms with Crippen LogP contribution in [0.25, 0.3) is 0 Å². The molecule has 3 heterocycles. The van der Waals surface area contributed by atoms with Crippen molar-refractivity contribution in [3.8, 4) is 0 Å². The van der Waals surface area contributed by atoms with Crippen LogP contribution in [0.5, 0.6) is 0 Å². The molecule has 12 nitrogen and oxygen atoms in total. The molecule has 3 radical (unpaired) electrons. The number of piperidine rings is 3. The van der Waals surface area contributed by atoms with Crippen LogP contribution in [0.15, 0.2) is 0 Å². The molecule has 0 aromatic carbocycles. The van der Waals surface area contributed by atoms with E-state index in [9.17, 15) is 29.9 Å². The van der Waals surface area contributed by atoms with Gasteiger partial charge in [-0.1, -0.05) is 27.7 Å². The van der Waals surface area contributed by atoms with Crippen LogP contribution < -0.4 is 0 Å². The first kappa shape index (κ1) is 36.6. The molecule has 0 amide bonds. The number of carbonyl (C=O) groups is 3. The van der Waals surface area contributed by atoms with Crippen molar-refractivity contribution in [2.24, 2.45) is 16.7 Å². The van der Waals surface area contributed by atoms with Crippen molar-refractivity contribution in [3.63, 3.8) is 0 Å². The minimum atomic E-state index is -1.63. The second-order valence-corrected chi connectivity index (χ2v) is 17.1. The summed E-state index contributed by atoms with van der Waals surface area (Å²) in [6, 6.07) is 0. The number of nitrogens with zero attached hydrogens (tertiary/aromatic N) is 3. The van der Waals surface area contributed by atoms with E-state index < -0.39 is 81.5 Å². The van der Waals surface area contributed by atoms with Crippen molar-refractivity contribution < 1.29 is 44.2 Å². The van der Waals surface area contributed by atoms with E-state index in [0.29, 0.717) is 0 Å². The average Bonchev–Trinajstić information content (AvgIpc) is 2.81. The van der Waals surface area contributed by atoms with E-state index in [-0.39, 0.29) is 38.8 Å². The van der Waals surface area contributed by atoms with Gasteiger partial charge in [-0.05, 0) is 55.4 Å². The molecule has 0 aromatic heterocycles. The lowest BCUT2D eigenvalue weighted by Crippen LogP contribution is -2.60. The second kappa shape index (κ2) is 12.1. The lowest BCUT2D eigenvalue weighted by molar-refractivity contribution is -0.300. The Morgan fingerprint density at radius 3 is 1.39 bits per heavy atom. The molecule has 0 N–H and O–H groups in total. The van der Waals surface area contributed by atoms with Crippen LogP contribution in [0, 0.1) is 16.7 Å². The average molecular weight is 625 g/mol. The standard InChI is InChI=1S/C32H54N3O9/c1-27(2)18-33(19-28(3,4)26(27)39)44-25(38)22(24(37)43-21-16-31(9,10)35(41)32(11,12)17-21)13-23(36)42-20-14-29(5,6)34(40)30(7,8)15-20/h20-22,26H,13-19H2,1-12H3. The van der Waals surface area contributed by atoms with Gasteiger partial charge in [0, 0.05) is 71.8 Å². The maximum Gasteiger partial charge on any atom is 0.339 e. The Morgan fingerprint density at radius 1 is 0.636 bits per heavy atom. The highest BCUT2D eigenvalue weighted by molar-refractivity contribution is 5.98. The first-order chi connectivity index (χ1) is 19.7. The maximum atomic E-state index is 13.6. The summed E-state index contributed by atoms with van der Waals surface area (Å²) in [5, 5.41) is 42.0. The number of ether oxygens (including phenoxy) is 2. The third kappa shape index (κ3) is 7.93. The molecule has 3 rings (SSSR count). The number of esters is 2. The molecule has 44 heavy (non-hydrogen) atoms. The third-order valence-electron chi connectivity index (χ3n) is 9.44. The van der Waals surface area contributed by atoms with E-state index in [0.717, 1.165) is 10.1 Å². The molecule has 251 valence electrons. The summed E-state index contributed by atoms with van der Waals surface area (Å²) < 4.78 is 11.6. The van der Waals surface area contributed by atoms with Crippen molar-refractivity contribution in [2.45, 2.75) is 156 Å². The highest BCUT2D eigenvalue weighted by Gasteiger charge is 2.51. The summed E-state index contributed by atoms with van der Waals surface area (Å²) in [7, 11) is 0.